The summed E-state index contributed by atoms with van der Waals surface area (Å²) in [7, 11) is 1.26. The van der Waals surface area contributed by atoms with Gasteiger partial charge in [0, 0.05) is 6.42 Å². The van der Waals surface area contributed by atoms with E-state index in [1.54, 1.807) is 34.6 Å². The molecule has 8 nitrogen and oxygen atoms in total. The molecule has 0 aliphatic heterocycles. The van der Waals surface area contributed by atoms with Gasteiger partial charge in [-0.1, -0.05) is 44.2 Å². The smallest absolute Gasteiger partial charge is 0.409 e. The van der Waals surface area contributed by atoms with Gasteiger partial charge < -0.3 is 25.4 Å². The molecule has 1 aromatic rings. The third-order valence-corrected chi connectivity index (χ3v) is 3.69. The van der Waals surface area contributed by atoms with Crippen molar-refractivity contribution in [1.29, 1.82) is 0 Å². The minimum absolute atomic E-state index is 0.162. The van der Waals surface area contributed by atoms with Crippen LogP contribution in [0.1, 0.15) is 40.2 Å². The highest BCUT2D eigenvalue weighted by Crippen LogP contribution is 2.08. The summed E-state index contributed by atoms with van der Waals surface area (Å²) in [5, 5.41) is 7.91. The van der Waals surface area contributed by atoms with Crippen LogP contribution in [-0.4, -0.2) is 43.0 Å². The Morgan fingerprint density at radius 2 is 1.61 bits per heavy atom. The molecule has 3 N–H and O–H groups in total. The number of rotatable bonds is 7. The van der Waals surface area contributed by atoms with E-state index in [-0.39, 0.29) is 5.92 Å². The van der Waals surface area contributed by atoms with Crippen LogP contribution < -0.4 is 16.0 Å². The first kappa shape index (κ1) is 23.3. The number of ether oxygens (including phenoxy) is 2. The fraction of sp³-hybridized carbons (Fsp3) is 0.550. The Bertz CT molecular complexity index is 656. The van der Waals surface area contributed by atoms with E-state index in [4.69, 9.17) is 9.47 Å². The number of benzene rings is 1. The molecule has 2 atom stereocenters. The molecule has 0 heterocycles. The third kappa shape index (κ3) is 8.75. The van der Waals surface area contributed by atoms with Gasteiger partial charge in [0.1, 0.15) is 17.8 Å². The molecule has 0 spiro atoms. The molecule has 0 bridgehead atoms. The van der Waals surface area contributed by atoms with Gasteiger partial charge in [0.25, 0.3) is 0 Å². The first-order chi connectivity index (χ1) is 13.0. The second kappa shape index (κ2) is 10.5. The molecular formula is C20H31N3O5. The van der Waals surface area contributed by atoms with Crippen LogP contribution in [0.25, 0.3) is 0 Å². The monoisotopic (exact) mass is 393 g/mol. The topological polar surface area (TPSA) is 106 Å². The van der Waals surface area contributed by atoms with Crippen LogP contribution in [-0.2, 0) is 20.7 Å². The highest BCUT2D eigenvalue weighted by molar-refractivity contribution is 5.84. The predicted molar refractivity (Wildman–Crippen MR) is 106 cm³/mol. The van der Waals surface area contributed by atoms with Crippen molar-refractivity contribution in [2.45, 2.75) is 58.8 Å². The lowest BCUT2D eigenvalue weighted by Crippen LogP contribution is -2.56. The highest BCUT2D eigenvalue weighted by Gasteiger charge is 2.27. The van der Waals surface area contributed by atoms with Gasteiger partial charge in [-0.15, -0.1) is 0 Å². The normalized spacial score (nSPS) is 13.2. The van der Waals surface area contributed by atoms with Gasteiger partial charge >= 0.3 is 18.1 Å². The predicted octanol–water partition coefficient (Wildman–Crippen LogP) is 2.58. The summed E-state index contributed by atoms with van der Waals surface area (Å²) in [6.07, 6.45) is -1.04. The van der Waals surface area contributed by atoms with Gasteiger partial charge in [-0.05, 0) is 32.3 Å². The maximum absolute atomic E-state index is 12.4. The van der Waals surface area contributed by atoms with Gasteiger partial charge in [0.05, 0.1) is 7.11 Å². The van der Waals surface area contributed by atoms with Crippen LogP contribution in [0.3, 0.4) is 0 Å². The van der Waals surface area contributed by atoms with E-state index in [2.05, 4.69) is 16.0 Å². The van der Waals surface area contributed by atoms with Gasteiger partial charge in [0.2, 0.25) is 0 Å². The van der Waals surface area contributed by atoms with Crippen LogP contribution in [0.15, 0.2) is 30.3 Å². The van der Waals surface area contributed by atoms with Crippen LogP contribution >= 0.6 is 0 Å². The number of amides is 3. The van der Waals surface area contributed by atoms with Crippen molar-refractivity contribution in [2.24, 2.45) is 5.92 Å². The number of hydrogen-bond donors (Lipinski definition) is 3. The zero-order chi connectivity index (χ0) is 21.3. The lowest BCUT2D eigenvalue weighted by atomic mass is 10.1. The molecule has 28 heavy (non-hydrogen) atoms. The van der Waals surface area contributed by atoms with Crippen LogP contribution in [0.4, 0.5) is 9.59 Å². The number of hydrogen-bond acceptors (Lipinski definition) is 5. The third-order valence-electron chi connectivity index (χ3n) is 3.69. The molecular weight excluding hydrogens is 362 g/mol. The van der Waals surface area contributed by atoms with Crippen molar-refractivity contribution in [2.75, 3.05) is 7.11 Å². The maximum atomic E-state index is 12.4. The summed E-state index contributed by atoms with van der Waals surface area (Å²) in [6, 6.07) is 7.98. The number of alkyl carbamates (subject to hydrolysis) is 1. The second-order valence-corrected chi connectivity index (χ2v) is 7.75. The number of carbonyl (C=O) groups excluding carboxylic acids is 3. The molecule has 3 amide bonds. The van der Waals surface area contributed by atoms with Crippen molar-refractivity contribution in [1.82, 2.24) is 16.0 Å². The Kier molecular flexibility index (Phi) is 8.76. The maximum Gasteiger partial charge on any atom is 0.409 e. The van der Waals surface area contributed by atoms with Gasteiger partial charge in [-0.3, -0.25) is 0 Å². The van der Waals surface area contributed by atoms with Crippen LogP contribution in [0, 0.1) is 5.92 Å². The Labute approximate surface area is 166 Å². The Morgan fingerprint density at radius 1 is 1.00 bits per heavy atom. The summed E-state index contributed by atoms with van der Waals surface area (Å²) in [6.45, 7) is 8.85. The fourth-order valence-electron chi connectivity index (χ4n) is 2.40. The molecule has 0 aliphatic carbocycles. The van der Waals surface area contributed by atoms with E-state index in [0.29, 0.717) is 6.42 Å². The first-order valence-corrected chi connectivity index (χ1v) is 9.20. The van der Waals surface area contributed by atoms with Gasteiger partial charge in [0.15, 0.2) is 0 Å². The first-order valence-electron chi connectivity index (χ1n) is 9.20. The molecule has 0 saturated carbocycles. The fourth-order valence-corrected chi connectivity index (χ4v) is 2.40. The molecule has 0 unspecified atom stereocenters. The minimum Gasteiger partial charge on any atom is -0.467 e. The molecule has 0 aliphatic rings. The molecule has 0 fully saturated rings. The van der Waals surface area contributed by atoms with Crippen molar-refractivity contribution in [3.05, 3.63) is 35.9 Å². The van der Waals surface area contributed by atoms with E-state index in [9.17, 15) is 14.4 Å². The number of methoxy groups -OCH3 is 1. The molecule has 1 aromatic carbocycles. The zero-order valence-electron chi connectivity index (χ0n) is 17.4. The number of esters is 1. The van der Waals surface area contributed by atoms with Gasteiger partial charge in [-0.25, -0.2) is 14.4 Å². The molecule has 0 saturated heterocycles. The Hall–Kier alpha value is -2.77. The van der Waals surface area contributed by atoms with Crippen molar-refractivity contribution in [3.63, 3.8) is 0 Å². The van der Waals surface area contributed by atoms with E-state index in [0.717, 1.165) is 5.56 Å². The molecule has 8 heteroatoms. The van der Waals surface area contributed by atoms with E-state index >= 15 is 0 Å². The molecule has 156 valence electrons. The van der Waals surface area contributed by atoms with Crippen LogP contribution in [0.2, 0.25) is 0 Å². The second-order valence-electron chi connectivity index (χ2n) is 7.75. The average Bonchev–Trinajstić information content (AvgIpc) is 2.57. The number of urea groups is 1. The summed E-state index contributed by atoms with van der Waals surface area (Å²) in [5.74, 6) is -0.700. The Balaban J connectivity index is 2.84. The van der Waals surface area contributed by atoms with Crippen LogP contribution in [0.5, 0.6) is 0 Å². The van der Waals surface area contributed by atoms with E-state index in [1.165, 1.54) is 7.11 Å². The van der Waals surface area contributed by atoms with Crippen molar-refractivity contribution < 1.29 is 23.9 Å². The zero-order valence-corrected chi connectivity index (χ0v) is 17.4. The Morgan fingerprint density at radius 3 is 2.11 bits per heavy atom. The highest BCUT2D eigenvalue weighted by atomic mass is 16.6. The standard InChI is InChI=1S/C20H31N3O5/c1-13(2)16(17(24)27-6)23-18(25)21-15(12-14-10-8-7-9-11-14)22-19(26)28-20(3,4)5/h7-11,13,15-16H,12H2,1-6H3,(H,22,26)(H2,21,23,25)/t15-,16-/m0/s1. The summed E-state index contributed by atoms with van der Waals surface area (Å²) < 4.78 is 9.99. The quantitative estimate of drug-likeness (QED) is 0.488. The largest absolute Gasteiger partial charge is 0.467 e. The summed E-state index contributed by atoms with van der Waals surface area (Å²) in [5.41, 5.74) is 0.245. The van der Waals surface area contributed by atoms with Crippen molar-refractivity contribution >= 4 is 18.1 Å². The molecule has 1 rings (SSSR count). The summed E-state index contributed by atoms with van der Waals surface area (Å²) >= 11 is 0. The summed E-state index contributed by atoms with van der Waals surface area (Å²) in [4.78, 5) is 36.4. The SMILES string of the molecule is COC(=O)[C@@H](NC(=O)N[C@H](Cc1ccccc1)NC(=O)OC(C)(C)C)C(C)C. The molecule has 0 aromatic heterocycles. The average molecular weight is 393 g/mol. The van der Waals surface area contributed by atoms with Crippen molar-refractivity contribution in [3.8, 4) is 0 Å². The number of nitrogens with one attached hydrogen (secondary N) is 3. The molecule has 0 radical (unpaired) electrons. The lowest BCUT2D eigenvalue weighted by molar-refractivity contribution is -0.144. The van der Waals surface area contributed by atoms with Gasteiger partial charge in [-0.2, -0.15) is 0 Å². The minimum atomic E-state index is -0.802. The van der Waals surface area contributed by atoms with E-state index < -0.39 is 35.9 Å². The number of carbonyl (C=O) groups is 3. The lowest BCUT2D eigenvalue weighted by Gasteiger charge is -2.26. The van der Waals surface area contributed by atoms with E-state index in [1.807, 2.05) is 30.3 Å².